The second-order valence-electron chi connectivity index (χ2n) is 6.78. The average molecular weight is 341 g/mol. The minimum absolute atomic E-state index is 0.151. The summed E-state index contributed by atoms with van der Waals surface area (Å²) in [7, 11) is 0. The number of fused-ring (bicyclic) bond motifs is 1. The molecule has 0 atom stereocenters. The van der Waals surface area contributed by atoms with Crippen molar-refractivity contribution in [1.29, 1.82) is 0 Å². The number of aromatic nitrogens is 1. The van der Waals surface area contributed by atoms with Crippen LogP contribution in [0.1, 0.15) is 26.3 Å². The predicted octanol–water partition coefficient (Wildman–Crippen LogP) is 5.14. The summed E-state index contributed by atoms with van der Waals surface area (Å²) in [5, 5.41) is 0.704. The Morgan fingerprint density at radius 1 is 1.12 bits per heavy atom. The van der Waals surface area contributed by atoms with E-state index in [1.165, 1.54) is 10.6 Å². The topological polar surface area (TPSA) is 40.5 Å². The van der Waals surface area contributed by atoms with Crippen LogP contribution < -0.4 is 4.74 Å². The zero-order chi connectivity index (χ0) is 18.0. The van der Waals surface area contributed by atoms with Crippen molar-refractivity contribution in [2.45, 2.75) is 33.0 Å². The fourth-order valence-electron chi connectivity index (χ4n) is 2.45. The fourth-order valence-corrected chi connectivity index (χ4v) is 2.45. The van der Waals surface area contributed by atoms with E-state index in [0.29, 0.717) is 10.9 Å². The Kier molecular flexibility index (Phi) is 4.49. The molecule has 0 radical (unpaired) electrons. The third kappa shape index (κ3) is 3.99. The number of benzene rings is 2. The minimum atomic E-state index is -0.620. The lowest BCUT2D eigenvalue weighted by Crippen LogP contribution is -2.26. The van der Waals surface area contributed by atoms with Crippen molar-refractivity contribution < 1.29 is 18.7 Å². The standard InChI is InChI=1S/C20H20FNO3/c1-20(2,3)25-19(23)22-10-9-15-11-18(16(21)12-17(15)22)24-13-14-7-5-4-6-8-14/h4-12H,13H2,1-3H3. The maximum Gasteiger partial charge on any atom is 0.418 e. The van der Waals surface area contributed by atoms with E-state index in [1.54, 1.807) is 39.1 Å². The zero-order valence-corrected chi connectivity index (χ0v) is 14.5. The van der Waals surface area contributed by atoms with Gasteiger partial charge >= 0.3 is 6.09 Å². The van der Waals surface area contributed by atoms with Crippen LogP contribution in [-0.4, -0.2) is 16.3 Å². The van der Waals surface area contributed by atoms with Gasteiger partial charge < -0.3 is 9.47 Å². The van der Waals surface area contributed by atoms with Crippen molar-refractivity contribution in [1.82, 2.24) is 4.57 Å². The van der Waals surface area contributed by atoms with Crippen molar-refractivity contribution in [3.05, 3.63) is 66.1 Å². The molecule has 25 heavy (non-hydrogen) atoms. The number of hydrogen-bond donors (Lipinski definition) is 0. The first-order valence-corrected chi connectivity index (χ1v) is 8.04. The van der Waals surface area contributed by atoms with Crippen LogP contribution in [0.5, 0.6) is 5.75 Å². The molecule has 1 heterocycles. The van der Waals surface area contributed by atoms with Gasteiger partial charge in [-0.05, 0) is 38.5 Å². The zero-order valence-electron chi connectivity index (χ0n) is 14.5. The van der Waals surface area contributed by atoms with Gasteiger partial charge in [0, 0.05) is 17.6 Å². The Bertz CT molecular complexity index is 894. The Balaban J connectivity index is 1.84. The molecule has 4 nitrogen and oxygen atoms in total. The van der Waals surface area contributed by atoms with E-state index < -0.39 is 17.5 Å². The number of halogens is 1. The summed E-state index contributed by atoms with van der Waals surface area (Å²) in [5.74, 6) is -0.370. The molecule has 3 aromatic rings. The fraction of sp³-hybridized carbons (Fsp3) is 0.250. The van der Waals surface area contributed by atoms with E-state index in [9.17, 15) is 9.18 Å². The van der Waals surface area contributed by atoms with Gasteiger partial charge in [0.1, 0.15) is 12.2 Å². The number of carbonyl (C=O) groups is 1. The maximum absolute atomic E-state index is 14.4. The van der Waals surface area contributed by atoms with Gasteiger partial charge in [0.15, 0.2) is 11.6 Å². The van der Waals surface area contributed by atoms with Crippen molar-refractivity contribution in [2.24, 2.45) is 0 Å². The third-order valence-corrected chi connectivity index (χ3v) is 3.57. The number of hydrogen-bond acceptors (Lipinski definition) is 3. The summed E-state index contributed by atoms with van der Waals surface area (Å²) in [6.45, 7) is 5.63. The Morgan fingerprint density at radius 2 is 1.84 bits per heavy atom. The van der Waals surface area contributed by atoms with Crippen LogP contribution in [0.2, 0.25) is 0 Å². The SMILES string of the molecule is CC(C)(C)OC(=O)n1ccc2cc(OCc3ccccc3)c(F)cc21. The molecule has 0 aliphatic heterocycles. The van der Waals surface area contributed by atoms with E-state index in [4.69, 9.17) is 9.47 Å². The van der Waals surface area contributed by atoms with Gasteiger partial charge in [-0.15, -0.1) is 0 Å². The van der Waals surface area contributed by atoms with Crippen molar-refractivity contribution in [3.63, 3.8) is 0 Å². The molecule has 0 spiro atoms. The van der Waals surface area contributed by atoms with Crippen LogP contribution >= 0.6 is 0 Å². The summed E-state index contributed by atoms with van der Waals surface area (Å²) < 4.78 is 26.6. The summed E-state index contributed by atoms with van der Waals surface area (Å²) in [5.41, 5.74) is 0.775. The van der Waals surface area contributed by atoms with Gasteiger partial charge in [0.05, 0.1) is 5.52 Å². The number of nitrogens with zero attached hydrogens (tertiary/aromatic N) is 1. The predicted molar refractivity (Wildman–Crippen MR) is 94.3 cm³/mol. The van der Waals surface area contributed by atoms with Gasteiger partial charge in [-0.3, -0.25) is 4.57 Å². The monoisotopic (exact) mass is 341 g/mol. The maximum atomic E-state index is 14.4. The second kappa shape index (κ2) is 6.59. The summed E-state index contributed by atoms with van der Waals surface area (Å²) in [6, 6.07) is 14.2. The molecule has 1 aromatic heterocycles. The Morgan fingerprint density at radius 3 is 2.52 bits per heavy atom. The number of ether oxygens (including phenoxy) is 2. The van der Waals surface area contributed by atoms with Crippen molar-refractivity contribution in [2.75, 3.05) is 0 Å². The Labute approximate surface area is 145 Å². The van der Waals surface area contributed by atoms with Gasteiger partial charge in [-0.1, -0.05) is 30.3 Å². The first kappa shape index (κ1) is 17.0. The summed E-state index contributed by atoms with van der Waals surface area (Å²) in [6.07, 6.45) is 1.03. The molecule has 0 unspecified atom stereocenters. The molecule has 0 N–H and O–H groups in total. The van der Waals surface area contributed by atoms with E-state index in [0.717, 1.165) is 5.56 Å². The second-order valence-corrected chi connectivity index (χ2v) is 6.78. The normalized spacial score (nSPS) is 11.5. The first-order chi connectivity index (χ1) is 11.8. The highest BCUT2D eigenvalue weighted by molar-refractivity contribution is 5.90. The third-order valence-electron chi connectivity index (χ3n) is 3.57. The van der Waals surface area contributed by atoms with E-state index >= 15 is 0 Å². The van der Waals surface area contributed by atoms with Gasteiger partial charge in [0.25, 0.3) is 0 Å². The summed E-state index contributed by atoms with van der Waals surface area (Å²) >= 11 is 0. The molecule has 130 valence electrons. The van der Waals surface area contributed by atoms with Crippen molar-refractivity contribution in [3.8, 4) is 5.75 Å². The minimum Gasteiger partial charge on any atom is -0.486 e. The van der Waals surface area contributed by atoms with E-state index in [2.05, 4.69) is 0 Å². The molecule has 5 heteroatoms. The molecule has 0 bridgehead atoms. The van der Waals surface area contributed by atoms with E-state index in [-0.39, 0.29) is 12.4 Å². The molecule has 0 aliphatic carbocycles. The molecule has 0 saturated carbocycles. The highest BCUT2D eigenvalue weighted by atomic mass is 19.1. The molecule has 0 amide bonds. The van der Waals surface area contributed by atoms with Crippen molar-refractivity contribution >= 4 is 17.0 Å². The lowest BCUT2D eigenvalue weighted by atomic mass is 10.2. The number of carbonyl (C=O) groups excluding carboxylic acids is 1. The average Bonchev–Trinajstić information content (AvgIpc) is 2.95. The molecule has 3 rings (SSSR count). The van der Waals surface area contributed by atoms with Crippen LogP contribution in [-0.2, 0) is 11.3 Å². The van der Waals surface area contributed by atoms with Crippen LogP contribution in [0.25, 0.3) is 10.9 Å². The van der Waals surface area contributed by atoms with Gasteiger partial charge in [0.2, 0.25) is 0 Å². The first-order valence-electron chi connectivity index (χ1n) is 8.04. The molecule has 2 aromatic carbocycles. The van der Waals surface area contributed by atoms with Crippen LogP contribution in [0.15, 0.2) is 54.7 Å². The molecule has 0 fully saturated rings. The van der Waals surface area contributed by atoms with Crippen LogP contribution in [0, 0.1) is 5.82 Å². The number of rotatable bonds is 3. The lowest BCUT2D eigenvalue weighted by molar-refractivity contribution is 0.0544. The van der Waals surface area contributed by atoms with Crippen LogP contribution in [0.4, 0.5) is 9.18 Å². The van der Waals surface area contributed by atoms with Gasteiger partial charge in [-0.25, -0.2) is 9.18 Å². The summed E-state index contributed by atoms with van der Waals surface area (Å²) in [4.78, 5) is 12.2. The quantitative estimate of drug-likeness (QED) is 0.662. The largest absolute Gasteiger partial charge is 0.486 e. The highest BCUT2D eigenvalue weighted by Gasteiger charge is 2.20. The van der Waals surface area contributed by atoms with Gasteiger partial charge in [-0.2, -0.15) is 0 Å². The molecule has 0 saturated heterocycles. The highest BCUT2D eigenvalue weighted by Crippen LogP contribution is 2.27. The van der Waals surface area contributed by atoms with Crippen LogP contribution in [0.3, 0.4) is 0 Å². The van der Waals surface area contributed by atoms with E-state index in [1.807, 2.05) is 30.3 Å². The smallest absolute Gasteiger partial charge is 0.418 e. The molecule has 0 aliphatic rings. The lowest BCUT2D eigenvalue weighted by Gasteiger charge is -2.19. The molecular formula is C20H20FNO3. The molecular weight excluding hydrogens is 321 g/mol. The Hall–Kier alpha value is -2.82.